The van der Waals surface area contributed by atoms with Crippen molar-refractivity contribution in [2.75, 3.05) is 0 Å². The molecule has 0 amide bonds. The topological polar surface area (TPSA) is 50.7 Å². The van der Waals surface area contributed by atoms with Crippen molar-refractivity contribution >= 4 is 0 Å². The van der Waals surface area contributed by atoms with Crippen molar-refractivity contribution in [3.05, 3.63) is 46.6 Å². The van der Waals surface area contributed by atoms with E-state index in [0.29, 0.717) is 0 Å². The molecular weight excluding hydrogens is 223 g/mol. The van der Waals surface area contributed by atoms with Gasteiger partial charge in [-0.3, -0.25) is 0 Å². The van der Waals surface area contributed by atoms with Crippen molar-refractivity contribution in [1.82, 2.24) is 14.8 Å². The summed E-state index contributed by atoms with van der Waals surface area (Å²) in [6.07, 6.45) is -3.47. The second-order valence-corrected chi connectivity index (χ2v) is 3.05. The van der Waals surface area contributed by atoms with Crippen LogP contribution in [-0.4, -0.2) is 14.8 Å². The number of aromatic nitrogens is 3. The lowest BCUT2D eigenvalue weighted by molar-refractivity contribution is -0.137. The number of alkyl halides is 3. The molecule has 7 heteroatoms. The van der Waals surface area contributed by atoms with Crippen molar-refractivity contribution in [2.24, 2.45) is 0 Å². The van der Waals surface area contributed by atoms with Crippen LogP contribution in [0.2, 0.25) is 0 Å². The molecule has 0 unspecified atom stereocenters. The van der Waals surface area contributed by atoms with Gasteiger partial charge in [-0.2, -0.15) is 18.2 Å². The van der Waals surface area contributed by atoms with E-state index in [-0.39, 0.29) is 5.69 Å². The molecule has 2 aromatic rings. The van der Waals surface area contributed by atoms with Gasteiger partial charge in [-0.25, -0.2) is 14.6 Å². The summed E-state index contributed by atoms with van der Waals surface area (Å²) < 4.78 is 38.8. The van der Waals surface area contributed by atoms with Crippen LogP contribution in [0.1, 0.15) is 5.56 Å². The zero-order chi connectivity index (χ0) is 11.8. The van der Waals surface area contributed by atoms with E-state index in [1.807, 2.05) is 0 Å². The van der Waals surface area contributed by atoms with Gasteiger partial charge in [0, 0.05) is 0 Å². The lowest BCUT2D eigenvalue weighted by atomic mass is 10.2. The molecule has 0 aliphatic rings. The summed E-state index contributed by atoms with van der Waals surface area (Å²) in [4.78, 5) is 14.1. The van der Waals surface area contributed by atoms with Crippen molar-refractivity contribution in [2.45, 2.75) is 6.18 Å². The van der Waals surface area contributed by atoms with E-state index in [1.165, 1.54) is 18.2 Å². The van der Waals surface area contributed by atoms with Crippen LogP contribution in [0.4, 0.5) is 13.2 Å². The fourth-order valence-electron chi connectivity index (χ4n) is 1.32. The largest absolute Gasteiger partial charge is 0.418 e. The van der Waals surface area contributed by atoms with E-state index in [0.717, 1.165) is 17.1 Å². The SMILES string of the molecule is O=c1ncn(-c2ccccc2C(F)(F)F)[nH]1. The summed E-state index contributed by atoms with van der Waals surface area (Å²) in [6.45, 7) is 0. The minimum Gasteiger partial charge on any atom is -0.244 e. The predicted molar refractivity (Wildman–Crippen MR) is 49.2 cm³/mol. The number of H-pyrrole nitrogens is 1. The number of nitrogens with one attached hydrogen (secondary N) is 1. The Balaban J connectivity index is 2.61. The standard InChI is InChI=1S/C9H6F3N3O/c10-9(11,12)6-3-1-2-4-7(6)15-5-13-8(16)14-15/h1-5H,(H,14,16). The Hall–Kier alpha value is -2.05. The third-order valence-corrected chi connectivity index (χ3v) is 1.98. The first-order valence-corrected chi connectivity index (χ1v) is 4.29. The van der Waals surface area contributed by atoms with Gasteiger partial charge in [0.15, 0.2) is 0 Å². The van der Waals surface area contributed by atoms with E-state index in [4.69, 9.17) is 0 Å². The van der Waals surface area contributed by atoms with Crippen LogP contribution in [0, 0.1) is 0 Å². The molecule has 0 fully saturated rings. The molecule has 0 atom stereocenters. The normalized spacial score (nSPS) is 11.7. The van der Waals surface area contributed by atoms with Gasteiger partial charge in [0.25, 0.3) is 0 Å². The number of aromatic amines is 1. The van der Waals surface area contributed by atoms with Gasteiger partial charge in [-0.15, -0.1) is 0 Å². The number of benzene rings is 1. The molecule has 1 heterocycles. The van der Waals surface area contributed by atoms with Crippen LogP contribution >= 0.6 is 0 Å². The van der Waals surface area contributed by atoms with E-state index < -0.39 is 17.4 Å². The lowest BCUT2D eigenvalue weighted by Gasteiger charge is -2.11. The summed E-state index contributed by atoms with van der Waals surface area (Å²) in [6, 6.07) is 4.92. The van der Waals surface area contributed by atoms with E-state index in [2.05, 4.69) is 10.1 Å². The fraction of sp³-hybridized carbons (Fsp3) is 0.111. The van der Waals surface area contributed by atoms with Crippen molar-refractivity contribution in [3.63, 3.8) is 0 Å². The molecular formula is C9H6F3N3O. The fourth-order valence-corrected chi connectivity index (χ4v) is 1.32. The molecule has 16 heavy (non-hydrogen) atoms. The average Bonchev–Trinajstić information content (AvgIpc) is 2.64. The van der Waals surface area contributed by atoms with Crippen molar-refractivity contribution in [1.29, 1.82) is 0 Å². The third kappa shape index (κ3) is 1.83. The molecule has 0 spiro atoms. The van der Waals surface area contributed by atoms with Gasteiger partial charge in [0.1, 0.15) is 6.33 Å². The number of halogens is 3. The molecule has 84 valence electrons. The maximum absolute atomic E-state index is 12.6. The van der Waals surface area contributed by atoms with E-state index in [1.54, 1.807) is 0 Å². The van der Waals surface area contributed by atoms with Crippen LogP contribution in [0.25, 0.3) is 5.69 Å². The quantitative estimate of drug-likeness (QED) is 0.807. The van der Waals surface area contributed by atoms with Crippen LogP contribution in [0.5, 0.6) is 0 Å². The van der Waals surface area contributed by atoms with Crippen LogP contribution in [0.3, 0.4) is 0 Å². The Bertz CT molecular complexity index is 555. The second kappa shape index (κ2) is 3.51. The number of rotatable bonds is 1. The maximum atomic E-state index is 12.6. The Labute approximate surface area is 87.3 Å². The smallest absolute Gasteiger partial charge is 0.244 e. The minimum absolute atomic E-state index is 0.162. The Kier molecular flexibility index (Phi) is 2.30. The predicted octanol–water partition coefficient (Wildman–Crippen LogP) is 1.58. The molecule has 0 aliphatic carbocycles. The van der Waals surface area contributed by atoms with Crippen molar-refractivity contribution in [3.8, 4) is 5.69 Å². The molecule has 2 rings (SSSR count). The highest BCUT2D eigenvalue weighted by molar-refractivity contribution is 5.41. The molecule has 1 N–H and O–H groups in total. The first-order valence-electron chi connectivity index (χ1n) is 4.29. The molecule has 0 saturated carbocycles. The van der Waals surface area contributed by atoms with Gasteiger partial charge < -0.3 is 0 Å². The molecule has 0 saturated heterocycles. The lowest BCUT2D eigenvalue weighted by Crippen LogP contribution is -2.12. The molecule has 0 bridgehead atoms. The van der Waals surface area contributed by atoms with E-state index in [9.17, 15) is 18.0 Å². The second-order valence-electron chi connectivity index (χ2n) is 3.05. The summed E-state index contributed by atoms with van der Waals surface area (Å²) in [5.41, 5.74) is -1.69. The van der Waals surface area contributed by atoms with Gasteiger partial charge >= 0.3 is 11.9 Å². The summed E-state index contributed by atoms with van der Waals surface area (Å²) in [7, 11) is 0. The van der Waals surface area contributed by atoms with Gasteiger partial charge in [0.2, 0.25) is 0 Å². The highest BCUT2D eigenvalue weighted by atomic mass is 19.4. The number of hydrogen-bond donors (Lipinski definition) is 1. The Morgan fingerprint density at radius 2 is 1.94 bits per heavy atom. The number of hydrogen-bond acceptors (Lipinski definition) is 2. The summed E-state index contributed by atoms with van der Waals surface area (Å²) in [5, 5.41) is 2.15. The molecule has 0 aliphatic heterocycles. The van der Waals surface area contributed by atoms with Gasteiger partial charge in [-0.05, 0) is 12.1 Å². The zero-order valence-corrected chi connectivity index (χ0v) is 7.82. The summed E-state index contributed by atoms with van der Waals surface area (Å²) in [5.74, 6) is 0. The highest BCUT2D eigenvalue weighted by Gasteiger charge is 2.33. The van der Waals surface area contributed by atoms with Gasteiger partial charge in [0.05, 0.1) is 11.3 Å². The van der Waals surface area contributed by atoms with Crippen LogP contribution in [0.15, 0.2) is 35.4 Å². The van der Waals surface area contributed by atoms with Gasteiger partial charge in [-0.1, -0.05) is 12.1 Å². The monoisotopic (exact) mass is 229 g/mol. The zero-order valence-electron chi connectivity index (χ0n) is 7.82. The third-order valence-electron chi connectivity index (χ3n) is 1.98. The number of para-hydroxylation sites is 1. The van der Waals surface area contributed by atoms with Crippen LogP contribution in [-0.2, 0) is 6.18 Å². The minimum atomic E-state index is -4.47. The van der Waals surface area contributed by atoms with E-state index >= 15 is 0 Å². The Morgan fingerprint density at radius 1 is 1.25 bits per heavy atom. The Morgan fingerprint density at radius 3 is 2.50 bits per heavy atom. The van der Waals surface area contributed by atoms with Crippen LogP contribution < -0.4 is 5.69 Å². The number of nitrogens with zero attached hydrogens (tertiary/aromatic N) is 2. The summed E-state index contributed by atoms with van der Waals surface area (Å²) >= 11 is 0. The molecule has 4 nitrogen and oxygen atoms in total. The molecule has 0 radical (unpaired) electrons. The highest BCUT2D eigenvalue weighted by Crippen LogP contribution is 2.32. The first-order chi connectivity index (χ1) is 7.48. The first kappa shape index (κ1) is 10.5. The molecule has 1 aromatic heterocycles. The average molecular weight is 229 g/mol. The molecule has 1 aromatic carbocycles. The van der Waals surface area contributed by atoms with Crippen molar-refractivity contribution < 1.29 is 13.2 Å². The maximum Gasteiger partial charge on any atom is 0.418 e.